The summed E-state index contributed by atoms with van der Waals surface area (Å²) in [5, 5.41) is 3.60. The molecule has 10 nitrogen and oxygen atoms in total. The van der Waals surface area contributed by atoms with Gasteiger partial charge in [-0.05, 0) is 25.5 Å². The van der Waals surface area contributed by atoms with E-state index in [1.54, 1.807) is 43.0 Å². The van der Waals surface area contributed by atoms with Gasteiger partial charge in [0, 0.05) is 49.7 Å². The van der Waals surface area contributed by atoms with Crippen LogP contribution in [0.25, 0.3) is 0 Å². The van der Waals surface area contributed by atoms with E-state index in [-0.39, 0.29) is 30.4 Å². The van der Waals surface area contributed by atoms with Gasteiger partial charge in [0.1, 0.15) is 0 Å². The van der Waals surface area contributed by atoms with E-state index < -0.39 is 17.9 Å². The van der Waals surface area contributed by atoms with Crippen molar-refractivity contribution in [3.8, 4) is 0 Å². The first-order valence-corrected chi connectivity index (χ1v) is 14.0. The van der Waals surface area contributed by atoms with Crippen molar-refractivity contribution >= 4 is 41.5 Å². The van der Waals surface area contributed by atoms with E-state index in [4.69, 9.17) is 25.8 Å². The second-order valence-corrected chi connectivity index (χ2v) is 9.73. The summed E-state index contributed by atoms with van der Waals surface area (Å²) in [4.78, 5) is 42.1. The number of nitrogens with zero attached hydrogens (tertiary/aromatic N) is 2. The van der Waals surface area contributed by atoms with Crippen molar-refractivity contribution in [2.45, 2.75) is 19.8 Å². The van der Waals surface area contributed by atoms with Crippen molar-refractivity contribution in [2.24, 2.45) is 0 Å². The molecule has 0 spiro atoms. The summed E-state index contributed by atoms with van der Waals surface area (Å²) in [5.41, 5.74) is 2.21. The highest BCUT2D eigenvalue weighted by molar-refractivity contribution is 7.97. The van der Waals surface area contributed by atoms with Crippen LogP contribution in [0.2, 0.25) is 5.02 Å². The number of allylic oxidation sites excluding steroid dienone is 1. The lowest BCUT2D eigenvalue weighted by Gasteiger charge is -2.34. The van der Waals surface area contributed by atoms with Crippen LogP contribution < -0.4 is 10.0 Å². The summed E-state index contributed by atoms with van der Waals surface area (Å²) in [6, 6.07) is 7.01. The van der Waals surface area contributed by atoms with Crippen LogP contribution in [0.3, 0.4) is 0 Å². The number of esters is 2. The Balaban J connectivity index is 1.76. The lowest BCUT2D eigenvalue weighted by Crippen LogP contribution is -2.51. The van der Waals surface area contributed by atoms with Crippen LogP contribution >= 0.6 is 23.5 Å². The SMILES string of the molecule is CCOC(=O)C1=C(COCCN2CCN(C(=O)NSC)CC2)NC(C)=C(C(=O)OC)C1c1ccccc1Cl. The molecule has 2 heterocycles. The number of nitrogens with one attached hydrogen (secondary N) is 2. The summed E-state index contributed by atoms with van der Waals surface area (Å²) in [5.74, 6) is -1.90. The average molecular weight is 567 g/mol. The fourth-order valence-corrected chi connectivity index (χ4v) is 5.10. The Bertz CT molecular complexity index is 1090. The second kappa shape index (κ2) is 14.4. The molecule has 1 fully saturated rings. The van der Waals surface area contributed by atoms with Crippen LogP contribution in [-0.4, -0.2) is 93.7 Å². The highest BCUT2D eigenvalue weighted by atomic mass is 35.5. The Hall–Kier alpha value is -2.73. The molecule has 38 heavy (non-hydrogen) atoms. The van der Waals surface area contributed by atoms with Crippen molar-refractivity contribution in [3.63, 3.8) is 0 Å². The van der Waals surface area contributed by atoms with Crippen LogP contribution in [0.15, 0.2) is 46.8 Å². The van der Waals surface area contributed by atoms with E-state index in [0.717, 1.165) is 13.1 Å². The number of ether oxygens (including phenoxy) is 3. The monoisotopic (exact) mass is 566 g/mol. The Morgan fingerprint density at radius 1 is 1.13 bits per heavy atom. The number of urea groups is 1. The number of amides is 2. The molecular weight excluding hydrogens is 532 g/mol. The summed E-state index contributed by atoms with van der Waals surface area (Å²) in [6.07, 6.45) is 1.82. The second-order valence-electron chi connectivity index (χ2n) is 8.72. The van der Waals surface area contributed by atoms with Gasteiger partial charge in [0.2, 0.25) is 0 Å². The molecule has 208 valence electrons. The number of carbonyl (C=O) groups is 3. The zero-order valence-electron chi connectivity index (χ0n) is 22.2. The largest absolute Gasteiger partial charge is 0.466 e. The molecule has 1 saturated heterocycles. The molecule has 0 radical (unpaired) electrons. The normalized spacial score (nSPS) is 18.2. The van der Waals surface area contributed by atoms with E-state index in [9.17, 15) is 14.4 Å². The average Bonchev–Trinajstić information content (AvgIpc) is 2.91. The maximum absolute atomic E-state index is 13.2. The predicted molar refractivity (Wildman–Crippen MR) is 147 cm³/mol. The summed E-state index contributed by atoms with van der Waals surface area (Å²) < 4.78 is 19.2. The molecule has 0 aromatic heterocycles. The minimum Gasteiger partial charge on any atom is -0.466 e. The van der Waals surface area contributed by atoms with Gasteiger partial charge in [-0.2, -0.15) is 0 Å². The molecule has 1 atom stereocenters. The first-order valence-electron chi connectivity index (χ1n) is 12.4. The van der Waals surface area contributed by atoms with Crippen LogP contribution in [0.1, 0.15) is 25.3 Å². The molecule has 2 amide bonds. The zero-order chi connectivity index (χ0) is 27.7. The summed E-state index contributed by atoms with van der Waals surface area (Å²) in [7, 11) is 1.30. The standard InChI is InChI=1S/C26H35ClN4O6S/c1-5-37-25(33)23-20(16-36-15-14-30-10-12-31(13-11-30)26(34)29-38-4)28-17(2)21(24(32)35-3)22(23)18-8-6-7-9-19(18)27/h6-9,22,28H,5,10-16H2,1-4H3,(H,29,34). The van der Waals surface area contributed by atoms with E-state index in [1.165, 1.54) is 19.1 Å². The predicted octanol–water partition coefficient (Wildman–Crippen LogP) is 2.91. The van der Waals surface area contributed by atoms with E-state index in [0.29, 0.717) is 48.2 Å². The van der Waals surface area contributed by atoms with Gasteiger partial charge in [-0.15, -0.1) is 0 Å². The lowest BCUT2D eigenvalue weighted by molar-refractivity contribution is -0.139. The van der Waals surface area contributed by atoms with Crippen molar-refractivity contribution < 1.29 is 28.6 Å². The molecule has 1 unspecified atom stereocenters. The van der Waals surface area contributed by atoms with Gasteiger partial charge >= 0.3 is 18.0 Å². The van der Waals surface area contributed by atoms with Gasteiger partial charge in [-0.1, -0.05) is 41.7 Å². The Labute approximate surface area is 232 Å². The number of rotatable bonds is 10. The number of hydrogen-bond acceptors (Lipinski definition) is 9. The highest BCUT2D eigenvalue weighted by Gasteiger charge is 2.39. The number of methoxy groups -OCH3 is 1. The smallest absolute Gasteiger partial charge is 0.336 e. The number of dihydropyridines is 1. The molecule has 2 aliphatic heterocycles. The Kier molecular flexibility index (Phi) is 11.3. The summed E-state index contributed by atoms with van der Waals surface area (Å²) >= 11 is 7.83. The van der Waals surface area contributed by atoms with Crippen LogP contribution in [0.4, 0.5) is 4.79 Å². The quantitative estimate of drug-likeness (QED) is 0.251. The number of halogens is 1. The van der Waals surface area contributed by atoms with E-state index in [1.807, 2.05) is 6.26 Å². The number of hydrogen-bond donors (Lipinski definition) is 2. The Morgan fingerprint density at radius 3 is 2.47 bits per heavy atom. The zero-order valence-corrected chi connectivity index (χ0v) is 23.7. The van der Waals surface area contributed by atoms with Gasteiger partial charge < -0.3 is 24.4 Å². The molecule has 1 aromatic rings. The highest BCUT2D eigenvalue weighted by Crippen LogP contribution is 2.41. The topological polar surface area (TPSA) is 109 Å². The molecule has 0 bridgehead atoms. The lowest BCUT2D eigenvalue weighted by atomic mass is 9.80. The Morgan fingerprint density at radius 2 is 1.84 bits per heavy atom. The molecule has 12 heteroatoms. The molecular formula is C26H35ClN4O6S. The van der Waals surface area contributed by atoms with Gasteiger partial charge in [0.15, 0.2) is 0 Å². The molecule has 3 rings (SSSR count). The number of carbonyl (C=O) groups excluding carboxylic acids is 3. The third kappa shape index (κ3) is 7.22. The third-order valence-corrected chi connectivity index (χ3v) is 7.13. The molecule has 2 aliphatic rings. The maximum atomic E-state index is 13.2. The van der Waals surface area contributed by atoms with Crippen LogP contribution in [-0.2, 0) is 23.8 Å². The van der Waals surface area contributed by atoms with Gasteiger partial charge in [-0.3, -0.25) is 9.62 Å². The van der Waals surface area contributed by atoms with Gasteiger partial charge in [0.05, 0.1) is 49.7 Å². The van der Waals surface area contributed by atoms with Gasteiger partial charge in [0.25, 0.3) is 0 Å². The molecule has 2 N–H and O–H groups in total. The number of benzene rings is 1. The molecule has 0 saturated carbocycles. The number of piperazine rings is 1. The van der Waals surface area contributed by atoms with Crippen molar-refractivity contribution in [2.75, 3.05) is 65.9 Å². The van der Waals surface area contributed by atoms with Crippen LogP contribution in [0, 0.1) is 0 Å². The van der Waals surface area contributed by atoms with E-state index in [2.05, 4.69) is 14.9 Å². The van der Waals surface area contributed by atoms with Gasteiger partial charge in [-0.25, -0.2) is 14.4 Å². The minimum atomic E-state index is -0.782. The first-order chi connectivity index (χ1) is 18.3. The minimum absolute atomic E-state index is 0.0713. The van der Waals surface area contributed by atoms with E-state index >= 15 is 0 Å². The van der Waals surface area contributed by atoms with Crippen molar-refractivity contribution in [3.05, 3.63) is 57.4 Å². The van der Waals surface area contributed by atoms with Crippen molar-refractivity contribution in [1.29, 1.82) is 0 Å². The van der Waals surface area contributed by atoms with Crippen LogP contribution in [0.5, 0.6) is 0 Å². The molecule has 0 aliphatic carbocycles. The summed E-state index contributed by atoms with van der Waals surface area (Å²) in [6.45, 7) is 7.64. The fraction of sp³-hybridized carbons (Fsp3) is 0.500. The molecule has 1 aromatic carbocycles. The van der Waals surface area contributed by atoms with Crippen molar-refractivity contribution in [1.82, 2.24) is 19.8 Å². The maximum Gasteiger partial charge on any atom is 0.336 e. The first kappa shape index (κ1) is 29.8. The third-order valence-electron chi connectivity index (χ3n) is 6.41. The fourth-order valence-electron chi connectivity index (χ4n) is 4.56.